The van der Waals surface area contributed by atoms with Gasteiger partial charge in [0.1, 0.15) is 0 Å². The van der Waals surface area contributed by atoms with E-state index in [9.17, 15) is 5.11 Å². The highest BCUT2D eigenvalue weighted by atomic mass is 79.9. The monoisotopic (exact) mass is 315 g/mol. The van der Waals surface area contributed by atoms with Gasteiger partial charge in [0.25, 0.3) is 0 Å². The largest absolute Gasteiger partial charge is 0.387 e. The molecular formula is C13H22BrN3O. The molecule has 0 unspecified atom stereocenters. The van der Waals surface area contributed by atoms with Gasteiger partial charge in [-0.1, -0.05) is 20.8 Å². The van der Waals surface area contributed by atoms with E-state index in [1.807, 2.05) is 11.7 Å². The van der Waals surface area contributed by atoms with E-state index in [2.05, 4.69) is 46.7 Å². The highest BCUT2D eigenvalue weighted by Gasteiger charge is 2.43. The smallest absolute Gasteiger partial charge is 0.0923 e. The third-order valence-corrected chi connectivity index (χ3v) is 4.86. The molecule has 0 amide bonds. The first-order chi connectivity index (χ1) is 8.37. The number of rotatable bonds is 4. The Bertz CT molecular complexity index is 436. The summed E-state index contributed by atoms with van der Waals surface area (Å²) in [5.74, 6) is 0.315. The predicted molar refractivity (Wildman–Crippen MR) is 75.4 cm³/mol. The van der Waals surface area contributed by atoms with Crippen LogP contribution in [0.25, 0.3) is 0 Å². The molecule has 102 valence electrons. The number of hydrogen-bond acceptors (Lipinski definition) is 3. The molecule has 1 aromatic rings. The average Bonchev–Trinajstić information content (AvgIpc) is 2.53. The molecule has 0 aromatic carbocycles. The van der Waals surface area contributed by atoms with Gasteiger partial charge in [-0.25, -0.2) is 0 Å². The van der Waals surface area contributed by atoms with Crippen molar-refractivity contribution in [2.45, 2.75) is 39.3 Å². The molecule has 1 aromatic heterocycles. The highest BCUT2D eigenvalue weighted by molar-refractivity contribution is 9.10. The Hall–Kier alpha value is -0.390. The average molecular weight is 316 g/mol. The summed E-state index contributed by atoms with van der Waals surface area (Å²) in [5.41, 5.74) is 1.79. The van der Waals surface area contributed by atoms with Crippen molar-refractivity contribution in [3.63, 3.8) is 0 Å². The van der Waals surface area contributed by atoms with Gasteiger partial charge >= 0.3 is 0 Å². The molecule has 4 nitrogen and oxygen atoms in total. The molecule has 0 atom stereocenters. The lowest BCUT2D eigenvalue weighted by molar-refractivity contribution is -0.131. The van der Waals surface area contributed by atoms with Gasteiger partial charge in [0.15, 0.2) is 0 Å². The van der Waals surface area contributed by atoms with Gasteiger partial charge < -0.3 is 5.11 Å². The Morgan fingerprint density at radius 1 is 1.44 bits per heavy atom. The molecule has 1 aliphatic heterocycles. The standard InChI is InChI=1S/C13H22BrN3O/c1-5-10-12(14)11(16(4)15-10)6-17-7-13(18,8-17)9(2)3/h9,18H,5-8H2,1-4H3. The number of halogens is 1. The molecule has 18 heavy (non-hydrogen) atoms. The second-order valence-corrected chi connectivity index (χ2v) is 6.38. The maximum Gasteiger partial charge on any atom is 0.0923 e. The summed E-state index contributed by atoms with van der Waals surface area (Å²) in [4.78, 5) is 2.27. The van der Waals surface area contributed by atoms with Crippen LogP contribution in [0.3, 0.4) is 0 Å². The van der Waals surface area contributed by atoms with E-state index >= 15 is 0 Å². The van der Waals surface area contributed by atoms with E-state index < -0.39 is 5.60 Å². The van der Waals surface area contributed by atoms with Crippen LogP contribution in [0.2, 0.25) is 0 Å². The van der Waals surface area contributed by atoms with Gasteiger partial charge in [0.2, 0.25) is 0 Å². The van der Waals surface area contributed by atoms with Crippen LogP contribution in [0, 0.1) is 5.92 Å². The van der Waals surface area contributed by atoms with Gasteiger partial charge in [-0.15, -0.1) is 0 Å². The lowest BCUT2D eigenvalue weighted by Crippen LogP contribution is -2.63. The number of hydrogen-bond donors (Lipinski definition) is 1. The fourth-order valence-corrected chi connectivity index (χ4v) is 3.15. The molecule has 1 saturated heterocycles. The zero-order valence-corrected chi connectivity index (χ0v) is 13.2. The Labute approximate surface area is 117 Å². The zero-order valence-electron chi connectivity index (χ0n) is 11.6. The van der Waals surface area contributed by atoms with Crippen LogP contribution in [-0.4, -0.2) is 38.5 Å². The summed E-state index contributed by atoms with van der Waals surface area (Å²) < 4.78 is 3.06. The summed E-state index contributed by atoms with van der Waals surface area (Å²) in [7, 11) is 1.98. The third kappa shape index (κ3) is 2.36. The van der Waals surface area contributed by atoms with Gasteiger partial charge in [-0.2, -0.15) is 5.10 Å². The number of nitrogens with zero attached hydrogens (tertiary/aromatic N) is 3. The SMILES string of the molecule is CCc1nn(C)c(CN2CC(O)(C(C)C)C2)c1Br. The lowest BCUT2D eigenvalue weighted by atomic mass is 9.83. The summed E-state index contributed by atoms with van der Waals surface area (Å²) in [6, 6.07) is 0. The Morgan fingerprint density at radius 2 is 2.06 bits per heavy atom. The van der Waals surface area contributed by atoms with Crippen LogP contribution in [0.4, 0.5) is 0 Å². The van der Waals surface area contributed by atoms with Gasteiger partial charge in [-0.05, 0) is 28.3 Å². The van der Waals surface area contributed by atoms with Crippen LogP contribution in [0.1, 0.15) is 32.2 Å². The molecule has 1 aliphatic rings. The number of aryl methyl sites for hydroxylation is 2. The van der Waals surface area contributed by atoms with Crippen molar-refractivity contribution in [3.05, 3.63) is 15.9 Å². The zero-order chi connectivity index (χ0) is 13.5. The Morgan fingerprint density at radius 3 is 2.50 bits per heavy atom. The summed E-state index contributed by atoms with van der Waals surface area (Å²) in [6.07, 6.45) is 0.935. The van der Waals surface area contributed by atoms with Gasteiger partial charge in [0.05, 0.1) is 21.5 Å². The quantitative estimate of drug-likeness (QED) is 0.923. The number of β-amino-alcohol motifs (C(OH)–C–C–N with tert-alkyl or cyclic N) is 1. The third-order valence-electron chi connectivity index (χ3n) is 3.95. The van der Waals surface area contributed by atoms with Crippen LogP contribution in [0.15, 0.2) is 4.47 Å². The minimum atomic E-state index is -0.501. The Balaban J connectivity index is 2.03. The second kappa shape index (κ2) is 4.94. The van der Waals surface area contributed by atoms with Crippen molar-refractivity contribution < 1.29 is 5.11 Å². The first-order valence-electron chi connectivity index (χ1n) is 6.52. The van der Waals surface area contributed by atoms with Gasteiger partial charge in [-0.3, -0.25) is 9.58 Å². The minimum Gasteiger partial charge on any atom is -0.387 e. The van der Waals surface area contributed by atoms with Crippen LogP contribution < -0.4 is 0 Å². The Kier molecular flexibility index (Phi) is 3.85. The van der Waals surface area contributed by atoms with Crippen LogP contribution in [0.5, 0.6) is 0 Å². The predicted octanol–water partition coefficient (Wildman–Crippen LogP) is 1.95. The van der Waals surface area contributed by atoms with Crippen molar-refractivity contribution in [2.75, 3.05) is 13.1 Å². The van der Waals surface area contributed by atoms with E-state index in [4.69, 9.17) is 0 Å². The molecule has 1 N–H and O–H groups in total. The topological polar surface area (TPSA) is 41.3 Å². The van der Waals surface area contributed by atoms with E-state index in [1.54, 1.807) is 0 Å². The fraction of sp³-hybridized carbons (Fsp3) is 0.769. The maximum atomic E-state index is 10.2. The van der Waals surface area contributed by atoms with E-state index in [0.717, 1.165) is 36.2 Å². The first-order valence-corrected chi connectivity index (χ1v) is 7.31. The van der Waals surface area contributed by atoms with Crippen LogP contribution in [-0.2, 0) is 20.0 Å². The van der Waals surface area contributed by atoms with E-state index in [1.165, 1.54) is 5.69 Å². The number of aliphatic hydroxyl groups is 1. The number of aromatic nitrogens is 2. The normalized spacial score (nSPS) is 19.3. The maximum absolute atomic E-state index is 10.2. The molecule has 5 heteroatoms. The molecule has 0 radical (unpaired) electrons. The van der Waals surface area contributed by atoms with Crippen LogP contribution >= 0.6 is 15.9 Å². The van der Waals surface area contributed by atoms with Crippen molar-refractivity contribution in [1.29, 1.82) is 0 Å². The summed E-state index contributed by atoms with van der Waals surface area (Å²) in [5, 5.41) is 14.7. The van der Waals surface area contributed by atoms with Crippen molar-refractivity contribution in [2.24, 2.45) is 13.0 Å². The number of likely N-dealkylation sites (tertiary alicyclic amines) is 1. The minimum absolute atomic E-state index is 0.315. The van der Waals surface area contributed by atoms with Crippen molar-refractivity contribution >= 4 is 15.9 Å². The summed E-state index contributed by atoms with van der Waals surface area (Å²) in [6.45, 7) is 8.61. The highest BCUT2D eigenvalue weighted by Crippen LogP contribution is 2.31. The molecule has 2 heterocycles. The molecule has 0 saturated carbocycles. The molecule has 2 rings (SSSR count). The van der Waals surface area contributed by atoms with Gasteiger partial charge in [0, 0.05) is 26.7 Å². The molecule has 1 fully saturated rings. The molecule has 0 bridgehead atoms. The molecule has 0 aliphatic carbocycles. The van der Waals surface area contributed by atoms with Crippen molar-refractivity contribution in [1.82, 2.24) is 14.7 Å². The fourth-order valence-electron chi connectivity index (χ4n) is 2.41. The molecular weight excluding hydrogens is 294 g/mol. The summed E-state index contributed by atoms with van der Waals surface area (Å²) >= 11 is 3.63. The van der Waals surface area contributed by atoms with Crippen molar-refractivity contribution in [3.8, 4) is 0 Å². The van der Waals surface area contributed by atoms with E-state index in [0.29, 0.717) is 5.92 Å². The lowest BCUT2D eigenvalue weighted by Gasteiger charge is -2.49. The second-order valence-electron chi connectivity index (χ2n) is 5.59. The molecule has 0 spiro atoms. The first kappa shape index (κ1) is 14.0. The van der Waals surface area contributed by atoms with E-state index in [-0.39, 0.29) is 0 Å².